The molecule has 4 aromatic carbocycles. The summed E-state index contributed by atoms with van der Waals surface area (Å²) in [5.74, 6) is 0.270. The van der Waals surface area contributed by atoms with Crippen LogP contribution in [0.25, 0.3) is 11.1 Å². The number of phenolic OH excluding ortho intramolecular Hbond substituents is 1. The molecule has 34 heavy (non-hydrogen) atoms. The maximum absolute atomic E-state index is 11.5. The van der Waals surface area contributed by atoms with Gasteiger partial charge in [0.15, 0.2) is 0 Å². The predicted octanol–water partition coefficient (Wildman–Crippen LogP) is 8.23. The van der Waals surface area contributed by atoms with Gasteiger partial charge in [0.25, 0.3) is 0 Å². The second kappa shape index (κ2) is 13.0. The van der Waals surface area contributed by atoms with Crippen LogP contribution in [0.5, 0.6) is 5.75 Å². The standard InChI is InChI=1S/C29H27NO.2ClH.Zr/c1-3-30-21-24-19-23(22-13-7-4-8-14-22)20-27(28(24)31)29(2,25-15-9-5-10-16-25)26-17-11-6-12-18-26;;;/h4-21,31H,3H2,1-2H3;2*1H;/q;;;+2/p-2. The number of nitrogens with zero attached hydrogens (tertiary/aromatic N) is 1. The number of aromatic hydroxyl groups is 1. The number of hydrogen-bond acceptors (Lipinski definition) is 2. The van der Waals surface area contributed by atoms with E-state index in [9.17, 15) is 5.11 Å². The van der Waals surface area contributed by atoms with Crippen molar-refractivity contribution in [3.05, 3.63) is 125 Å². The van der Waals surface area contributed by atoms with E-state index < -0.39 is 26.3 Å². The van der Waals surface area contributed by atoms with Crippen molar-refractivity contribution in [2.24, 2.45) is 4.99 Å². The quantitative estimate of drug-likeness (QED) is 0.185. The van der Waals surface area contributed by atoms with Gasteiger partial charge in [0.05, 0.1) is 0 Å². The van der Waals surface area contributed by atoms with E-state index in [4.69, 9.17) is 17.0 Å². The first-order valence-electron chi connectivity index (χ1n) is 11.1. The van der Waals surface area contributed by atoms with E-state index >= 15 is 0 Å². The summed E-state index contributed by atoms with van der Waals surface area (Å²) in [6.07, 6.45) is 1.78. The van der Waals surface area contributed by atoms with Crippen molar-refractivity contribution in [2.45, 2.75) is 19.3 Å². The Hall–Kier alpha value is -2.19. The molecule has 0 amide bonds. The molecule has 2 nitrogen and oxygen atoms in total. The number of halogens is 2. The zero-order valence-corrected chi connectivity index (χ0v) is 23.2. The Morgan fingerprint density at radius 3 is 1.74 bits per heavy atom. The predicted molar refractivity (Wildman–Crippen MR) is 142 cm³/mol. The van der Waals surface area contributed by atoms with Crippen LogP contribution in [0.1, 0.15) is 36.1 Å². The summed E-state index contributed by atoms with van der Waals surface area (Å²) in [6.45, 7) is 4.84. The molecule has 0 heterocycles. The maximum atomic E-state index is 11.5. The Bertz CT molecular complexity index is 1160. The van der Waals surface area contributed by atoms with Gasteiger partial charge >= 0.3 is 37.9 Å². The van der Waals surface area contributed by atoms with Gasteiger partial charge in [-0.25, -0.2) is 0 Å². The monoisotopic (exact) mass is 565 g/mol. The van der Waals surface area contributed by atoms with Crippen LogP contribution in [0.4, 0.5) is 0 Å². The molecule has 0 fully saturated rings. The molecular weight excluding hydrogens is 540 g/mol. The Morgan fingerprint density at radius 1 is 0.794 bits per heavy atom. The van der Waals surface area contributed by atoms with Gasteiger partial charge in [0, 0.05) is 29.3 Å². The minimum atomic E-state index is -0.826. The first-order chi connectivity index (χ1) is 16.6. The Morgan fingerprint density at radius 2 is 1.26 bits per heavy atom. The molecule has 0 saturated carbocycles. The fourth-order valence-corrected chi connectivity index (χ4v) is 4.14. The van der Waals surface area contributed by atoms with Crippen molar-refractivity contribution in [1.82, 2.24) is 0 Å². The van der Waals surface area contributed by atoms with E-state index in [-0.39, 0.29) is 5.75 Å². The SMILES string of the molecule is CCN=Cc1cc(-c2ccccc2)cc(C(C)(c2ccccc2)c2ccccc2)c1O.[Cl][Zr][Cl]. The summed E-state index contributed by atoms with van der Waals surface area (Å²) in [5, 5.41) is 11.5. The molecule has 5 heteroatoms. The van der Waals surface area contributed by atoms with Gasteiger partial charge in [-0.05, 0) is 48.2 Å². The van der Waals surface area contributed by atoms with Crippen molar-refractivity contribution >= 4 is 23.2 Å². The van der Waals surface area contributed by atoms with Gasteiger partial charge in [-0.1, -0.05) is 91.0 Å². The van der Waals surface area contributed by atoms with Gasteiger partial charge in [0.1, 0.15) is 5.75 Å². The number of hydrogen-bond donors (Lipinski definition) is 1. The van der Waals surface area contributed by atoms with Crippen LogP contribution >= 0.6 is 17.0 Å². The molecule has 0 atom stereocenters. The van der Waals surface area contributed by atoms with E-state index in [1.807, 2.05) is 67.6 Å². The molecule has 0 bridgehead atoms. The third-order valence-electron chi connectivity index (χ3n) is 5.90. The Labute approximate surface area is 221 Å². The third kappa shape index (κ3) is 6.08. The Kier molecular flexibility index (Phi) is 10.1. The van der Waals surface area contributed by atoms with Gasteiger partial charge in [-0.15, -0.1) is 0 Å². The molecule has 0 aliphatic carbocycles. The molecular formula is C29H27Cl2NOZr. The van der Waals surface area contributed by atoms with E-state index in [1.54, 1.807) is 6.21 Å². The van der Waals surface area contributed by atoms with Crippen LogP contribution < -0.4 is 0 Å². The van der Waals surface area contributed by atoms with Gasteiger partial charge in [0.2, 0.25) is 0 Å². The molecule has 0 radical (unpaired) electrons. The second-order valence-corrected chi connectivity index (χ2v) is 11.6. The average Bonchev–Trinajstić information content (AvgIpc) is 2.89. The molecule has 0 aromatic heterocycles. The van der Waals surface area contributed by atoms with Crippen LogP contribution in [0.15, 0.2) is 108 Å². The second-order valence-electron chi connectivity index (χ2n) is 7.88. The molecule has 0 aliphatic heterocycles. The van der Waals surface area contributed by atoms with Crippen molar-refractivity contribution in [3.63, 3.8) is 0 Å². The van der Waals surface area contributed by atoms with Crippen molar-refractivity contribution in [3.8, 4) is 16.9 Å². The number of benzene rings is 4. The molecule has 0 unspecified atom stereocenters. The third-order valence-corrected chi connectivity index (χ3v) is 5.90. The van der Waals surface area contributed by atoms with E-state index in [0.29, 0.717) is 6.54 Å². The summed E-state index contributed by atoms with van der Waals surface area (Å²) in [5.41, 5.74) is 5.48. The van der Waals surface area contributed by atoms with Gasteiger partial charge in [-0.2, -0.15) is 0 Å². The topological polar surface area (TPSA) is 32.6 Å². The van der Waals surface area contributed by atoms with E-state index in [2.05, 4.69) is 54.4 Å². The molecule has 0 saturated heterocycles. The van der Waals surface area contributed by atoms with Crippen LogP contribution in [0, 0.1) is 0 Å². The summed E-state index contributed by atoms with van der Waals surface area (Å²) >= 11 is -0.826. The molecule has 172 valence electrons. The zero-order chi connectivity index (χ0) is 24.4. The van der Waals surface area contributed by atoms with Crippen molar-refractivity contribution in [1.29, 1.82) is 0 Å². The van der Waals surface area contributed by atoms with Crippen LogP contribution in [-0.2, 0) is 26.3 Å². The number of rotatable bonds is 6. The first kappa shape index (κ1) is 26.4. The van der Waals surface area contributed by atoms with Gasteiger partial charge < -0.3 is 5.11 Å². The van der Waals surface area contributed by atoms with Crippen LogP contribution in [0.2, 0.25) is 0 Å². The molecule has 4 aromatic rings. The molecule has 0 aliphatic rings. The van der Waals surface area contributed by atoms with Crippen LogP contribution in [0.3, 0.4) is 0 Å². The average molecular weight is 568 g/mol. The molecule has 1 N–H and O–H groups in total. The Balaban J connectivity index is 0.00000103. The normalized spacial score (nSPS) is 11.1. The minimum absolute atomic E-state index is 0.270. The van der Waals surface area contributed by atoms with Crippen molar-refractivity contribution < 1.29 is 26.0 Å². The first-order valence-corrected chi connectivity index (χ1v) is 17.4. The van der Waals surface area contributed by atoms with Gasteiger partial charge in [-0.3, -0.25) is 4.99 Å². The fourth-order valence-electron chi connectivity index (χ4n) is 4.14. The fraction of sp³-hybridized carbons (Fsp3) is 0.138. The van der Waals surface area contributed by atoms with Crippen molar-refractivity contribution in [2.75, 3.05) is 6.54 Å². The summed E-state index contributed by atoms with van der Waals surface area (Å²) in [7, 11) is 9.87. The molecule has 4 rings (SSSR count). The summed E-state index contributed by atoms with van der Waals surface area (Å²) in [6, 6.07) is 35.2. The van der Waals surface area contributed by atoms with E-state index in [1.165, 1.54) is 0 Å². The summed E-state index contributed by atoms with van der Waals surface area (Å²) in [4.78, 5) is 4.42. The molecule has 0 spiro atoms. The van der Waals surface area contributed by atoms with E-state index in [0.717, 1.165) is 33.4 Å². The van der Waals surface area contributed by atoms with Crippen LogP contribution in [-0.4, -0.2) is 17.9 Å². The zero-order valence-electron chi connectivity index (χ0n) is 19.2. The summed E-state index contributed by atoms with van der Waals surface area (Å²) < 4.78 is 0. The number of phenols is 1. The number of aliphatic imine (C=N–C) groups is 1.